The van der Waals surface area contributed by atoms with Crippen LogP contribution in [0.4, 0.5) is 5.95 Å². The third kappa shape index (κ3) is 2.23. The van der Waals surface area contributed by atoms with Crippen LogP contribution in [-0.4, -0.2) is 33.8 Å². The molecule has 1 fully saturated rings. The maximum Gasteiger partial charge on any atom is 0.245 e. The van der Waals surface area contributed by atoms with Crippen LogP contribution in [-0.2, 0) is 0 Å². The molecule has 6 heteroatoms. The predicted octanol–water partition coefficient (Wildman–Crippen LogP) is 1.69. The van der Waals surface area contributed by atoms with Crippen molar-refractivity contribution in [2.45, 2.75) is 38.8 Å². The Balaban J connectivity index is 1.84. The number of aryl methyl sites for hydroxylation is 1. The quantitative estimate of drug-likeness (QED) is 0.859. The van der Waals surface area contributed by atoms with E-state index in [1.807, 2.05) is 13.0 Å². The molecule has 3 N–H and O–H groups in total. The zero-order valence-corrected chi connectivity index (χ0v) is 11.3. The smallest absolute Gasteiger partial charge is 0.245 e. The summed E-state index contributed by atoms with van der Waals surface area (Å²) < 4.78 is 5.29. The topological polar surface area (TPSA) is 84.0 Å². The molecule has 2 atom stereocenters. The Morgan fingerprint density at radius 2 is 2.37 bits per heavy atom. The lowest BCUT2D eigenvalue weighted by Gasteiger charge is -2.36. The summed E-state index contributed by atoms with van der Waals surface area (Å²) in [5.41, 5.74) is 7.03. The van der Waals surface area contributed by atoms with E-state index in [1.165, 1.54) is 0 Å². The standard InChI is InChI=1S/C13H19N5O/c1-8-6-10(7-19-8)12-15-13(17-16-12)18-5-3-4-11(14)9(18)2/h6-7,9,11H,3-5,14H2,1-2H3,(H,15,16,17). The number of nitrogens with one attached hydrogen (secondary N) is 1. The Kier molecular flexibility index (Phi) is 3.02. The summed E-state index contributed by atoms with van der Waals surface area (Å²) >= 11 is 0. The predicted molar refractivity (Wildman–Crippen MR) is 72.8 cm³/mol. The number of aromatic amines is 1. The van der Waals surface area contributed by atoms with Crippen molar-refractivity contribution in [1.82, 2.24) is 15.2 Å². The summed E-state index contributed by atoms with van der Waals surface area (Å²) in [5.74, 6) is 2.32. The number of aromatic nitrogens is 3. The molecule has 6 nitrogen and oxygen atoms in total. The van der Waals surface area contributed by atoms with E-state index in [-0.39, 0.29) is 12.1 Å². The highest BCUT2D eigenvalue weighted by Gasteiger charge is 2.27. The van der Waals surface area contributed by atoms with Gasteiger partial charge < -0.3 is 15.1 Å². The zero-order chi connectivity index (χ0) is 13.4. The molecule has 19 heavy (non-hydrogen) atoms. The average Bonchev–Trinajstić information content (AvgIpc) is 3.01. The van der Waals surface area contributed by atoms with Gasteiger partial charge in [-0.2, -0.15) is 4.98 Å². The number of rotatable bonds is 2. The monoisotopic (exact) mass is 261 g/mol. The van der Waals surface area contributed by atoms with Crippen molar-refractivity contribution >= 4 is 5.95 Å². The Morgan fingerprint density at radius 1 is 1.53 bits per heavy atom. The third-order valence-electron chi connectivity index (χ3n) is 3.78. The lowest BCUT2D eigenvalue weighted by molar-refractivity contribution is 0.416. The highest BCUT2D eigenvalue weighted by atomic mass is 16.3. The largest absolute Gasteiger partial charge is 0.469 e. The Bertz CT molecular complexity index is 561. The number of hydrogen-bond acceptors (Lipinski definition) is 5. The zero-order valence-electron chi connectivity index (χ0n) is 11.3. The molecule has 3 rings (SSSR count). The molecule has 0 spiro atoms. The van der Waals surface area contributed by atoms with E-state index < -0.39 is 0 Å². The van der Waals surface area contributed by atoms with E-state index in [0.29, 0.717) is 0 Å². The van der Waals surface area contributed by atoms with E-state index in [1.54, 1.807) is 6.26 Å². The van der Waals surface area contributed by atoms with Crippen LogP contribution in [0.15, 0.2) is 16.7 Å². The molecular formula is C13H19N5O. The van der Waals surface area contributed by atoms with Gasteiger partial charge in [0.25, 0.3) is 0 Å². The second-order valence-corrected chi connectivity index (χ2v) is 5.17. The summed E-state index contributed by atoms with van der Waals surface area (Å²) in [6.07, 6.45) is 3.83. The first-order valence-corrected chi connectivity index (χ1v) is 6.65. The van der Waals surface area contributed by atoms with Gasteiger partial charge in [0.15, 0.2) is 5.82 Å². The van der Waals surface area contributed by atoms with Gasteiger partial charge in [-0.1, -0.05) is 0 Å². The van der Waals surface area contributed by atoms with Gasteiger partial charge in [0.05, 0.1) is 5.56 Å². The number of hydrogen-bond donors (Lipinski definition) is 2. The van der Waals surface area contributed by atoms with Crippen molar-refractivity contribution < 1.29 is 4.42 Å². The Labute approximate surface area is 112 Å². The molecule has 1 aliphatic rings. The third-order valence-corrected chi connectivity index (χ3v) is 3.78. The lowest BCUT2D eigenvalue weighted by Crippen LogP contribution is -2.50. The van der Waals surface area contributed by atoms with Crippen molar-refractivity contribution in [3.05, 3.63) is 18.1 Å². The molecule has 0 saturated carbocycles. The molecule has 0 amide bonds. The molecule has 2 aromatic rings. The summed E-state index contributed by atoms with van der Waals surface area (Å²) in [7, 11) is 0. The van der Waals surface area contributed by atoms with Crippen LogP contribution >= 0.6 is 0 Å². The lowest BCUT2D eigenvalue weighted by atomic mass is 9.99. The van der Waals surface area contributed by atoms with Crippen LogP contribution in [0.5, 0.6) is 0 Å². The normalized spacial score (nSPS) is 23.8. The number of H-pyrrole nitrogens is 1. The highest BCUT2D eigenvalue weighted by molar-refractivity contribution is 5.55. The van der Waals surface area contributed by atoms with Gasteiger partial charge in [0, 0.05) is 18.6 Å². The fourth-order valence-corrected chi connectivity index (χ4v) is 2.53. The molecule has 1 saturated heterocycles. The second-order valence-electron chi connectivity index (χ2n) is 5.17. The maximum absolute atomic E-state index is 6.10. The van der Waals surface area contributed by atoms with Gasteiger partial charge in [0.2, 0.25) is 5.95 Å². The number of nitrogens with zero attached hydrogens (tertiary/aromatic N) is 3. The average molecular weight is 261 g/mol. The molecule has 0 aliphatic carbocycles. The molecule has 2 aromatic heterocycles. The minimum Gasteiger partial charge on any atom is -0.469 e. The molecule has 2 unspecified atom stereocenters. The molecule has 0 bridgehead atoms. The van der Waals surface area contributed by atoms with Crippen LogP contribution in [0.2, 0.25) is 0 Å². The van der Waals surface area contributed by atoms with Gasteiger partial charge >= 0.3 is 0 Å². The second kappa shape index (κ2) is 4.70. The summed E-state index contributed by atoms with van der Waals surface area (Å²) in [4.78, 5) is 6.71. The first-order valence-electron chi connectivity index (χ1n) is 6.65. The van der Waals surface area contributed by atoms with Crippen LogP contribution in [0.1, 0.15) is 25.5 Å². The van der Waals surface area contributed by atoms with Crippen LogP contribution < -0.4 is 10.6 Å². The van der Waals surface area contributed by atoms with Crippen molar-refractivity contribution in [3.63, 3.8) is 0 Å². The summed E-state index contributed by atoms with van der Waals surface area (Å²) in [5, 5.41) is 7.27. The number of anilines is 1. The van der Waals surface area contributed by atoms with Gasteiger partial charge in [-0.3, -0.25) is 5.10 Å². The van der Waals surface area contributed by atoms with E-state index in [0.717, 1.165) is 42.5 Å². The molecule has 3 heterocycles. The van der Waals surface area contributed by atoms with Crippen molar-refractivity contribution in [2.24, 2.45) is 5.73 Å². The van der Waals surface area contributed by atoms with E-state index >= 15 is 0 Å². The molecule has 1 aliphatic heterocycles. The molecule has 0 aromatic carbocycles. The van der Waals surface area contributed by atoms with E-state index in [4.69, 9.17) is 10.2 Å². The summed E-state index contributed by atoms with van der Waals surface area (Å²) in [6.45, 7) is 4.99. The van der Waals surface area contributed by atoms with Crippen molar-refractivity contribution in [3.8, 4) is 11.4 Å². The van der Waals surface area contributed by atoms with Gasteiger partial charge in [-0.15, -0.1) is 5.10 Å². The van der Waals surface area contributed by atoms with Crippen molar-refractivity contribution in [2.75, 3.05) is 11.4 Å². The first kappa shape index (κ1) is 12.2. The van der Waals surface area contributed by atoms with E-state index in [9.17, 15) is 0 Å². The van der Waals surface area contributed by atoms with Gasteiger partial charge in [-0.25, -0.2) is 0 Å². The van der Waals surface area contributed by atoms with Gasteiger partial charge in [-0.05, 0) is 32.8 Å². The molecule has 102 valence electrons. The molecule has 0 radical (unpaired) electrons. The minimum absolute atomic E-state index is 0.187. The highest BCUT2D eigenvalue weighted by Crippen LogP contribution is 2.24. The molecular weight excluding hydrogens is 242 g/mol. The Hall–Kier alpha value is -1.82. The number of furan rings is 1. The SMILES string of the molecule is Cc1cc(-c2nc(N3CCCC(N)C3C)n[nH]2)co1. The number of nitrogens with two attached hydrogens (primary N) is 1. The first-order chi connectivity index (χ1) is 9.15. The van der Waals surface area contributed by atoms with Crippen LogP contribution in [0, 0.1) is 6.92 Å². The van der Waals surface area contributed by atoms with Crippen LogP contribution in [0.25, 0.3) is 11.4 Å². The number of piperidine rings is 1. The van der Waals surface area contributed by atoms with E-state index in [2.05, 4.69) is 27.0 Å². The minimum atomic E-state index is 0.187. The van der Waals surface area contributed by atoms with Crippen LogP contribution in [0.3, 0.4) is 0 Å². The summed E-state index contributed by atoms with van der Waals surface area (Å²) in [6, 6.07) is 2.39. The Morgan fingerprint density at radius 3 is 3.11 bits per heavy atom. The van der Waals surface area contributed by atoms with Crippen molar-refractivity contribution in [1.29, 1.82) is 0 Å². The maximum atomic E-state index is 6.10. The fourth-order valence-electron chi connectivity index (χ4n) is 2.53. The van der Waals surface area contributed by atoms with Gasteiger partial charge in [0.1, 0.15) is 12.0 Å². The fraction of sp³-hybridized carbons (Fsp3) is 0.538.